The van der Waals surface area contributed by atoms with E-state index < -0.39 is 33.6 Å². The summed E-state index contributed by atoms with van der Waals surface area (Å²) < 4.78 is 77.2. The average Bonchev–Trinajstić information content (AvgIpc) is 2.78. The summed E-state index contributed by atoms with van der Waals surface area (Å²) in [6.45, 7) is 0.0867. The predicted octanol–water partition coefficient (Wildman–Crippen LogP) is 3.76. The van der Waals surface area contributed by atoms with Gasteiger partial charge in [0.15, 0.2) is 0 Å². The molecule has 1 aliphatic heterocycles. The zero-order chi connectivity index (χ0) is 23.5. The zero-order valence-electron chi connectivity index (χ0n) is 17.5. The number of sulfonamides is 1. The van der Waals surface area contributed by atoms with Crippen molar-refractivity contribution in [3.05, 3.63) is 48.0 Å². The summed E-state index contributed by atoms with van der Waals surface area (Å²) in [6, 6.07) is 9.16. The average molecular weight is 472 g/mol. The van der Waals surface area contributed by atoms with Crippen molar-refractivity contribution in [3.8, 4) is 11.5 Å². The number of methoxy groups -OCH3 is 2. The highest BCUT2D eigenvalue weighted by Crippen LogP contribution is 2.36. The van der Waals surface area contributed by atoms with Gasteiger partial charge in [-0.05, 0) is 37.1 Å². The van der Waals surface area contributed by atoms with Gasteiger partial charge in [-0.2, -0.15) is 17.5 Å². The molecule has 0 aliphatic carbocycles. The number of nitrogens with zero attached hydrogens (tertiary/aromatic N) is 1. The Labute approximate surface area is 184 Å². The second kappa shape index (κ2) is 9.37. The molecule has 0 atom stereocenters. The Morgan fingerprint density at radius 1 is 1.06 bits per heavy atom. The third-order valence-electron chi connectivity index (χ3n) is 5.30. The first-order valence-corrected chi connectivity index (χ1v) is 11.2. The highest BCUT2D eigenvalue weighted by Gasteiger charge is 2.36. The number of hydrogen-bond donors (Lipinski definition) is 1. The van der Waals surface area contributed by atoms with Crippen molar-refractivity contribution < 1.29 is 35.9 Å². The van der Waals surface area contributed by atoms with Gasteiger partial charge in [0.05, 0.1) is 25.5 Å². The Kier molecular flexibility index (Phi) is 6.99. The van der Waals surface area contributed by atoms with E-state index in [0.29, 0.717) is 5.75 Å². The summed E-state index contributed by atoms with van der Waals surface area (Å²) in [5, 5.41) is 2.34. The second-order valence-electron chi connectivity index (χ2n) is 7.23. The minimum absolute atomic E-state index is 0.0434. The number of ether oxygens (including phenoxy) is 2. The number of nitrogens with one attached hydrogen (secondary N) is 1. The Balaban J connectivity index is 1.71. The van der Waals surface area contributed by atoms with Gasteiger partial charge in [0.2, 0.25) is 15.9 Å². The van der Waals surface area contributed by atoms with Gasteiger partial charge in [0, 0.05) is 25.1 Å². The fourth-order valence-electron chi connectivity index (χ4n) is 3.56. The number of benzene rings is 2. The lowest BCUT2D eigenvalue weighted by molar-refractivity contribution is -0.137. The molecule has 2 aromatic rings. The van der Waals surface area contributed by atoms with Crippen molar-refractivity contribution in [3.63, 3.8) is 0 Å². The number of carbonyl (C=O) groups is 1. The molecular formula is C21H23F3N2O5S. The lowest BCUT2D eigenvalue weighted by Gasteiger charge is -2.31. The standard InChI is InChI=1S/C21H23F3N2O5S/c1-30-15-7-8-18(31-2)19(13-15)32(28,29)26-11-9-14(10-12-26)20(27)25-17-6-4-3-5-16(17)21(22,23)24/h3-8,13-14H,9-12H2,1-2H3,(H,25,27). The van der Waals surface area contributed by atoms with Crippen molar-refractivity contribution in [1.82, 2.24) is 4.31 Å². The van der Waals surface area contributed by atoms with E-state index in [2.05, 4.69) is 5.32 Å². The molecule has 1 heterocycles. The van der Waals surface area contributed by atoms with Gasteiger partial charge >= 0.3 is 6.18 Å². The second-order valence-corrected chi connectivity index (χ2v) is 9.13. The Bertz CT molecular complexity index is 1080. The third kappa shape index (κ3) is 4.99. The maximum atomic E-state index is 13.2. The van der Waals surface area contributed by atoms with Crippen LogP contribution in [0.25, 0.3) is 0 Å². The molecule has 1 saturated heterocycles. The van der Waals surface area contributed by atoms with Crippen LogP contribution in [0.15, 0.2) is 47.4 Å². The van der Waals surface area contributed by atoms with Gasteiger partial charge in [-0.15, -0.1) is 0 Å². The van der Waals surface area contributed by atoms with E-state index in [1.807, 2.05) is 0 Å². The smallest absolute Gasteiger partial charge is 0.418 e. The monoisotopic (exact) mass is 472 g/mol. The van der Waals surface area contributed by atoms with Crippen LogP contribution in [-0.2, 0) is 21.0 Å². The highest BCUT2D eigenvalue weighted by atomic mass is 32.2. The van der Waals surface area contributed by atoms with Crippen LogP contribution in [-0.4, -0.2) is 45.9 Å². The normalized spacial score (nSPS) is 15.9. The number of piperidine rings is 1. The molecule has 0 aromatic heterocycles. The molecule has 0 saturated carbocycles. The lowest BCUT2D eigenvalue weighted by atomic mass is 9.97. The van der Waals surface area contributed by atoms with Crippen molar-refractivity contribution in [1.29, 1.82) is 0 Å². The SMILES string of the molecule is COc1ccc(OC)c(S(=O)(=O)N2CCC(C(=O)Nc3ccccc3C(F)(F)F)CC2)c1. The minimum atomic E-state index is -4.60. The van der Waals surface area contributed by atoms with Crippen LogP contribution in [0.4, 0.5) is 18.9 Å². The molecule has 0 bridgehead atoms. The number of para-hydroxylation sites is 1. The van der Waals surface area contributed by atoms with Gasteiger partial charge < -0.3 is 14.8 Å². The van der Waals surface area contributed by atoms with Crippen LogP contribution in [0.3, 0.4) is 0 Å². The van der Waals surface area contributed by atoms with Crippen LogP contribution >= 0.6 is 0 Å². The van der Waals surface area contributed by atoms with Crippen molar-refractivity contribution in [2.24, 2.45) is 5.92 Å². The quantitative estimate of drug-likeness (QED) is 0.692. The molecule has 174 valence electrons. The summed E-state index contributed by atoms with van der Waals surface area (Å²) >= 11 is 0. The first kappa shape index (κ1) is 23.9. The van der Waals surface area contributed by atoms with Gasteiger partial charge in [-0.1, -0.05) is 12.1 Å². The molecule has 1 fully saturated rings. The first-order chi connectivity index (χ1) is 15.1. The molecule has 0 spiro atoms. The molecule has 3 rings (SSSR count). The Hall–Kier alpha value is -2.79. The molecule has 1 N–H and O–H groups in total. The van der Waals surface area contributed by atoms with E-state index in [9.17, 15) is 26.4 Å². The maximum absolute atomic E-state index is 13.2. The van der Waals surface area contributed by atoms with E-state index in [1.165, 1.54) is 48.9 Å². The number of carbonyl (C=O) groups excluding carboxylic acids is 1. The molecule has 0 unspecified atom stereocenters. The number of halogens is 3. The van der Waals surface area contributed by atoms with Gasteiger partial charge in [0.25, 0.3) is 0 Å². The van der Waals surface area contributed by atoms with Gasteiger partial charge in [-0.25, -0.2) is 8.42 Å². The molecule has 32 heavy (non-hydrogen) atoms. The minimum Gasteiger partial charge on any atom is -0.497 e. The molecule has 7 nitrogen and oxygen atoms in total. The molecule has 2 aromatic carbocycles. The van der Waals surface area contributed by atoms with Crippen LogP contribution in [0.1, 0.15) is 18.4 Å². The van der Waals surface area contributed by atoms with Gasteiger partial charge in [-0.3, -0.25) is 4.79 Å². The maximum Gasteiger partial charge on any atom is 0.418 e. The van der Waals surface area contributed by atoms with E-state index in [-0.39, 0.29) is 42.3 Å². The van der Waals surface area contributed by atoms with Crippen molar-refractivity contribution >= 4 is 21.6 Å². The summed E-state index contributed by atoms with van der Waals surface area (Å²) in [6.07, 6.45) is -4.26. The fourth-order valence-corrected chi connectivity index (χ4v) is 5.20. The van der Waals surface area contributed by atoms with Crippen molar-refractivity contribution in [2.75, 3.05) is 32.6 Å². The van der Waals surface area contributed by atoms with Crippen molar-refractivity contribution in [2.45, 2.75) is 23.9 Å². The summed E-state index contributed by atoms with van der Waals surface area (Å²) in [5.41, 5.74) is -1.25. The summed E-state index contributed by atoms with van der Waals surface area (Å²) in [7, 11) is -1.15. The number of hydrogen-bond acceptors (Lipinski definition) is 5. The zero-order valence-corrected chi connectivity index (χ0v) is 18.3. The third-order valence-corrected chi connectivity index (χ3v) is 7.22. The Morgan fingerprint density at radius 3 is 2.31 bits per heavy atom. The molecule has 1 aliphatic rings. The molecule has 1 amide bonds. The number of alkyl halides is 3. The summed E-state index contributed by atoms with van der Waals surface area (Å²) in [4.78, 5) is 12.5. The predicted molar refractivity (Wildman–Crippen MR) is 111 cm³/mol. The fraction of sp³-hybridized carbons (Fsp3) is 0.381. The molecule has 11 heteroatoms. The number of anilines is 1. The van der Waals surface area contributed by atoms with Crippen LogP contribution in [0.5, 0.6) is 11.5 Å². The topological polar surface area (TPSA) is 84.9 Å². The Morgan fingerprint density at radius 2 is 1.72 bits per heavy atom. The van der Waals surface area contributed by atoms with Crippen LogP contribution in [0.2, 0.25) is 0 Å². The summed E-state index contributed by atoms with van der Waals surface area (Å²) in [5.74, 6) is -0.677. The van der Waals surface area contributed by atoms with Crippen LogP contribution < -0.4 is 14.8 Å². The van der Waals surface area contributed by atoms with Crippen LogP contribution in [0, 0.1) is 5.92 Å². The first-order valence-electron chi connectivity index (χ1n) is 9.77. The van der Waals surface area contributed by atoms with E-state index >= 15 is 0 Å². The van der Waals surface area contributed by atoms with Gasteiger partial charge in [0.1, 0.15) is 16.4 Å². The largest absolute Gasteiger partial charge is 0.497 e. The lowest BCUT2D eigenvalue weighted by Crippen LogP contribution is -2.41. The number of amides is 1. The van der Waals surface area contributed by atoms with E-state index in [1.54, 1.807) is 6.07 Å². The van der Waals surface area contributed by atoms with E-state index in [4.69, 9.17) is 9.47 Å². The highest BCUT2D eigenvalue weighted by molar-refractivity contribution is 7.89. The molecule has 0 radical (unpaired) electrons. The van der Waals surface area contributed by atoms with E-state index in [0.717, 1.165) is 6.07 Å². The molecular weight excluding hydrogens is 449 g/mol. The number of rotatable bonds is 6.